The van der Waals surface area contributed by atoms with Gasteiger partial charge in [0.05, 0.1) is 18.6 Å². The summed E-state index contributed by atoms with van der Waals surface area (Å²) in [6.45, 7) is 5.67. The Hall–Kier alpha value is -2.58. The van der Waals surface area contributed by atoms with Gasteiger partial charge >= 0.3 is 0 Å². The Balaban J connectivity index is 1.48. The Labute approximate surface area is 190 Å². The van der Waals surface area contributed by atoms with Crippen molar-refractivity contribution < 1.29 is 22.7 Å². The number of benzene rings is 2. The topological polar surface area (TPSA) is 84.9 Å². The Morgan fingerprint density at radius 3 is 2.41 bits per heavy atom. The van der Waals surface area contributed by atoms with Crippen LogP contribution < -0.4 is 14.8 Å². The molecule has 0 aromatic heterocycles. The van der Waals surface area contributed by atoms with Crippen molar-refractivity contribution in [1.29, 1.82) is 0 Å². The molecule has 7 nitrogen and oxygen atoms in total. The molecule has 1 N–H and O–H groups in total. The third-order valence-electron chi connectivity index (χ3n) is 5.72. The summed E-state index contributed by atoms with van der Waals surface area (Å²) < 4.78 is 38.1. The van der Waals surface area contributed by atoms with Crippen LogP contribution in [0.4, 0.5) is 0 Å². The molecule has 1 amide bonds. The van der Waals surface area contributed by atoms with Gasteiger partial charge in [-0.05, 0) is 62.4 Å². The zero-order valence-corrected chi connectivity index (χ0v) is 19.8. The van der Waals surface area contributed by atoms with Gasteiger partial charge in [-0.2, -0.15) is 4.31 Å². The van der Waals surface area contributed by atoms with Crippen LogP contribution in [0.15, 0.2) is 47.4 Å². The van der Waals surface area contributed by atoms with Gasteiger partial charge in [0.15, 0.2) is 11.5 Å². The number of nitrogens with one attached hydrogen (secondary N) is 1. The summed E-state index contributed by atoms with van der Waals surface area (Å²) in [4.78, 5) is 12.8. The molecule has 0 spiro atoms. The van der Waals surface area contributed by atoms with Crippen LogP contribution in [-0.4, -0.2) is 45.4 Å². The summed E-state index contributed by atoms with van der Waals surface area (Å²) in [6, 6.07) is 12.5. The summed E-state index contributed by atoms with van der Waals surface area (Å²) in [5.74, 6) is 1.46. The largest absolute Gasteiger partial charge is 0.493 e. The van der Waals surface area contributed by atoms with Crippen molar-refractivity contribution in [2.45, 2.75) is 44.6 Å². The third kappa shape index (κ3) is 6.01. The molecule has 3 rings (SSSR count). The molecular formula is C24H32N2O5S. The highest BCUT2D eigenvalue weighted by molar-refractivity contribution is 7.89. The fourth-order valence-corrected chi connectivity index (χ4v) is 5.31. The molecule has 0 aliphatic carbocycles. The molecule has 174 valence electrons. The second-order valence-electron chi connectivity index (χ2n) is 8.06. The van der Waals surface area contributed by atoms with E-state index in [0.29, 0.717) is 61.9 Å². The highest BCUT2D eigenvalue weighted by Crippen LogP contribution is 2.28. The Kier molecular flexibility index (Phi) is 8.15. The van der Waals surface area contributed by atoms with Crippen molar-refractivity contribution in [3.8, 4) is 11.5 Å². The Bertz CT molecular complexity index is 1010. The molecule has 0 unspecified atom stereocenters. The highest BCUT2D eigenvalue weighted by atomic mass is 32.2. The van der Waals surface area contributed by atoms with E-state index in [9.17, 15) is 13.2 Å². The molecule has 1 heterocycles. The molecular weight excluding hydrogens is 428 g/mol. The maximum absolute atomic E-state index is 12.8. The molecule has 8 heteroatoms. The normalized spacial score (nSPS) is 15.3. The third-order valence-corrected chi connectivity index (χ3v) is 7.64. The average Bonchev–Trinajstić information content (AvgIpc) is 2.79. The van der Waals surface area contributed by atoms with E-state index in [2.05, 4.69) is 5.32 Å². The van der Waals surface area contributed by atoms with E-state index in [-0.39, 0.29) is 11.8 Å². The van der Waals surface area contributed by atoms with Gasteiger partial charge in [-0.3, -0.25) is 4.79 Å². The first-order valence-electron chi connectivity index (χ1n) is 11.0. The van der Waals surface area contributed by atoms with Crippen molar-refractivity contribution in [3.05, 3.63) is 53.6 Å². The van der Waals surface area contributed by atoms with Gasteiger partial charge in [-0.15, -0.1) is 0 Å². The number of nitrogens with zero attached hydrogens (tertiary/aromatic N) is 1. The number of sulfonamides is 1. The van der Waals surface area contributed by atoms with Crippen LogP contribution >= 0.6 is 0 Å². The van der Waals surface area contributed by atoms with Crippen LogP contribution in [0.3, 0.4) is 0 Å². The van der Waals surface area contributed by atoms with Crippen molar-refractivity contribution in [2.24, 2.45) is 5.92 Å². The van der Waals surface area contributed by atoms with E-state index in [4.69, 9.17) is 9.47 Å². The van der Waals surface area contributed by atoms with Crippen molar-refractivity contribution in [2.75, 3.05) is 26.8 Å². The van der Waals surface area contributed by atoms with Gasteiger partial charge in [0.25, 0.3) is 0 Å². The lowest BCUT2D eigenvalue weighted by atomic mass is 9.94. The van der Waals surface area contributed by atoms with Gasteiger partial charge in [0, 0.05) is 26.1 Å². The molecule has 0 bridgehead atoms. The molecule has 1 saturated heterocycles. The number of rotatable bonds is 9. The molecule has 2 aromatic rings. The van der Waals surface area contributed by atoms with Crippen LogP contribution in [0.2, 0.25) is 0 Å². The van der Waals surface area contributed by atoms with Crippen LogP contribution in [0, 0.1) is 12.8 Å². The predicted octanol–water partition coefficient (Wildman–Crippen LogP) is 3.51. The van der Waals surface area contributed by atoms with Gasteiger partial charge in [-0.1, -0.05) is 23.8 Å². The van der Waals surface area contributed by atoms with Gasteiger partial charge in [-0.25, -0.2) is 8.42 Å². The van der Waals surface area contributed by atoms with E-state index in [1.165, 1.54) is 4.31 Å². The lowest BCUT2D eigenvalue weighted by molar-refractivity contribution is -0.122. The quantitative estimate of drug-likeness (QED) is 0.619. The maximum Gasteiger partial charge on any atom is 0.243 e. The average molecular weight is 461 g/mol. The standard InChI is InChI=1S/C24H32N2O5S/c1-4-31-22-10-7-20(15-23(22)30-3)17-25-24(27)16-19-11-13-26(14-12-19)32(28,29)21-8-5-18(2)6-9-21/h5-10,15,19H,4,11-14,16-17H2,1-3H3,(H,25,27). The number of ether oxygens (including phenoxy) is 2. The number of aryl methyl sites for hydroxylation is 1. The molecule has 0 radical (unpaired) electrons. The van der Waals surface area contributed by atoms with Crippen molar-refractivity contribution in [1.82, 2.24) is 9.62 Å². The van der Waals surface area contributed by atoms with Crippen LogP contribution in [-0.2, 0) is 21.4 Å². The first kappa shape index (κ1) is 24.1. The molecule has 2 aromatic carbocycles. The highest BCUT2D eigenvalue weighted by Gasteiger charge is 2.30. The first-order chi connectivity index (χ1) is 15.3. The van der Waals surface area contributed by atoms with Gasteiger partial charge in [0.2, 0.25) is 15.9 Å². The fraction of sp³-hybridized carbons (Fsp3) is 0.458. The van der Waals surface area contributed by atoms with Gasteiger partial charge in [0.1, 0.15) is 0 Å². The van der Waals surface area contributed by atoms with Crippen molar-refractivity contribution in [3.63, 3.8) is 0 Å². The second kappa shape index (κ2) is 10.8. The molecule has 32 heavy (non-hydrogen) atoms. The van der Waals surface area contributed by atoms with E-state index < -0.39 is 10.0 Å². The molecule has 1 fully saturated rings. The number of piperidine rings is 1. The SMILES string of the molecule is CCOc1ccc(CNC(=O)CC2CCN(S(=O)(=O)c3ccc(C)cc3)CC2)cc1OC. The van der Waals surface area contributed by atoms with E-state index in [0.717, 1.165) is 11.1 Å². The molecule has 1 aliphatic heterocycles. The van der Waals surface area contributed by atoms with Gasteiger partial charge < -0.3 is 14.8 Å². The monoisotopic (exact) mass is 460 g/mol. The van der Waals surface area contributed by atoms with E-state index in [1.54, 1.807) is 19.2 Å². The summed E-state index contributed by atoms with van der Waals surface area (Å²) in [6.07, 6.45) is 1.75. The zero-order chi connectivity index (χ0) is 23.1. The maximum atomic E-state index is 12.8. The Morgan fingerprint density at radius 1 is 1.09 bits per heavy atom. The fourth-order valence-electron chi connectivity index (χ4n) is 3.84. The summed E-state index contributed by atoms with van der Waals surface area (Å²) in [5, 5.41) is 2.95. The lowest BCUT2D eigenvalue weighted by Crippen LogP contribution is -2.39. The molecule has 0 saturated carbocycles. The molecule has 0 atom stereocenters. The van der Waals surface area contributed by atoms with E-state index >= 15 is 0 Å². The number of methoxy groups -OCH3 is 1. The number of hydrogen-bond donors (Lipinski definition) is 1. The number of amides is 1. The van der Waals surface area contributed by atoms with Crippen LogP contribution in [0.25, 0.3) is 0 Å². The smallest absolute Gasteiger partial charge is 0.243 e. The number of hydrogen-bond acceptors (Lipinski definition) is 5. The van der Waals surface area contributed by atoms with Crippen LogP contribution in [0.5, 0.6) is 11.5 Å². The predicted molar refractivity (Wildman–Crippen MR) is 123 cm³/mol. The summed E-state index contributed by atoms with van der Waals surface area (Å²) >= 11 is 0. The second-order valence-corrected chi connectivity index (χ2v) is 10.00. The van der Waals surface area contributed by atoms with Crippen LogP contribution in [0.1, 0.15) is 37.3 Å². The lowest BCUT2D eigenvalue weighted by Gasteiger charge is -2.31. The number of carbonyl (C=O) groups is 1. The first-order valence-corrected chi connectivity index (χ1v) is 12.4. The minimum atomic E-state index is -3.48. The minimum absolute atomic E-state index is 0.0299. The molecule has 1 aliphatic rings. The minimum Gasteiger partial charge on any atom is -0.493 e. The summed E-state index contributed by atoms with van der Waals surface area (Å²) in [5.41, 5.74) is 1.95. The summed E-state index contributed by atoms with van der Waals surface area (Å²) in [7, 11) is -1.89. The van der Waals surface area contributed by atoms with Crippen molar-refractivity contribution >= 4 is 15.9 Å². The van der Waals surface area contributed by atoms with E-state index in [1.807, 2.05) is 44.2 Å². The Morgan fingerprint density at radius 2 is 1.78 bits per heavy atom. The number of carbonyl (C=O) groups excluding carboxylic acids is 1. The zero-order valence-electron chi connectivity index (χ0n) is 19.0.